The van der Waals surface area contributed by atoms with Crippen molar-refractivity contribution in [2.24, 2.45) is 17.6 Å². The van der Waals surface area contributed by atoms with Gasteiger partial charge in [0, 0.05) is 25.7 Å². The van der Waals surface area contributed by atoms with Gasteiger partial charge < -0.3 is 66.7 Å². The molecule has 2 unspecified atom stereocenters. The Balaban J connectivity index is 0.000000210. The molecule has 3 heterocycles. The van der Waals surface area contributed by atoms with Crippen molar-refractivity contribution in [3.8, 4) is 17.1 Å². The van der Waals surface area contributed by atoms with Gasteiger partial charge in [-0.05, 0) is 219 Å². The predicted octanol–water partition coefficient (Wildman–Crippen LogP) is 16.9. The first-order chi connectivity index (χ1) is 51.8. The SMILES string of the molecule is CC.Cl.[C-]#[N+]c1cc(C(=O)Nc2cc(C(NCC3CC3)c3ccccc3)ccc2F)n(-c2cccc(CN)c2)n1.[C-]#[N+]c1cc(C(=O)Nc2cc(C(NCC3CC3)c3ccccc3)ccc2F)n(-c2cccc(CNC(=O)OC(C)(C)C)c2)n1.[C-]#[N+]c1cc(C(=O)O)n(-c2cccc(CNC(=O)OC(C)(C)C)c2)n1. The number of nitrogens with zero attached hydrogens (tertiary/aromatic N) is 9. The molecule has 2 aliphatic carbocycles. The van der Waals surface area contributed by atoms with E-state index in [9.17, 15) is 33.5 Å². The Labute approximate surface area is 638 Å². The van der Waals surface area contributed by atoms with E-state index in [4.69, 9.17) is 34.9 Å². The monoisotopic (exact) mass is 1500 g/mol. The maximum absolute atomic E-state index is 15.1. The number of carbonyl (C=O) groups is 5. The molecule has 2 fully saturated rings. The molecule has 4 amide bonds. The number of carboxylic acids is 1. The summed E-state index contributed by atoms with van der Waals surface area (Å²) in [6.07, 6.45) is 3.73. The Morgan fingerprint density at radius 2 is 0.844 bits per heavy atom. The first kappa shape index (κ1) is 82.3. The lowest BCUT2D eigenvalue weighted by Crippen LogP contribution is -2.32. The van der Waals surface area contributed by atoms with E-state index in [1.54, 1.807) is 133 Å². The van der Waals surface area contributed by atoms with Crippen LogP contribution in [0, 0.1) is 43.2 Å². The number of aromatic carboxylic acids is 1. The Morgan fingerprint density at radius 3 is 1.18 bits per heavy atom. The van der Waals surface area contributed by atoms with Crippen LogP contribution in [-0.4, -0.2) is 88.7 Å². The van der Waals surface area contributed by atoms with E-state index < -0.39 is 52.8 Å². The second-order valence-corrected chi connectivity index (χ2v) is 27.2. The Hall–Kier alpha value is -12.4. The largest absolute Gasteiger partial charge is 0.476 e. The molecule has 0 aliphatic heterocycles. The number of anilines is 2. The third kappa shape index (κ3) is 23.8. The Kier molecular flexibility index (Phi) is 28.9. The van der Waals surface area contributed by atoms with Gasteiger partial charge in [0.05, 0.1) is 40.5 Å². The highest BCUT2D eigenvalue weighted by atomic mass is 35.5. The van der Waals surface area contributed by atoms with Gasteiger partial charge in [0.1, 0.15) is 34.2 Å². The average Bonchev–Trinajstić information content (AvgIpc) is 1.77. The van der Waals surface area contributed by atoms with Crippen molar-refractivity contribution in [1.82, 2.24) is 50.6 Å². The zero-order valence-electron chi connectivity index (χ0n) is 61.6. The minimum Gasteiger partial charge on any atom is -0.476 e. The third-order valence-corrected chi connectivity index (χ3v) is 16.5. The van der Waals surface area contributed by atoms with Crippen LogP contribution in [-0.2, 0) is 29.1 Å². The lowest BCUT2D eigenvalue weighted by atomic mass is 9.97. The van der Waals surface area contributed by atoms with Gasteiger partial charge >= 0.3 is 18.2 Å². The molecule has 0 spiro atoms. The summed E-state index contributed by atoms with van der Waals surface area (Å²) in [5.41, 5.74) is 12.3. The number of carbonyl (C=O) groups excluding carboxylic acids is 4. The third-order valence-electron chi connectivity index (χ3n) is 16.5. The van der Waals surface area contributed by atoms with Gasteiger partial charge in [-0.15, -0.1) is 12.4 Å². The Morgan fingerprint density at radius 1 is 0.495 bits per heavy atom. The summed E-state index contributed by atoms with van der Waals surface area (Å²) in [6, 6.07) is 54.1. The number of rotatable bonds is 23. The van der Waals surface area contributed by atoms with Crippen molar-refractivity contribution in [2.45, 2.75) is 124 Å². The molecule has 2 aliphatic rings. The summed E-state index contributed by atoms with van der Waals surface area (Å²) < 4.78 is 44.4. The number of aromatic nitrogens is 6. The second-order valence-electron chi connectivity index (χ2n) is 27.2. The zero-order chi connectivity index (χ0) is 77.7. The first-order valence-corrected chi connectivity index (χ1v) is 35.2. The number of nitrogens with one attached hydrogen (secondary N) is 6. The molecule has 12 rings (SSSR count). The number of nitrogens with two attached hydrogens (primary N) is 1. The molecule has 27 heteroatoms. The van der Waals surface area contributed by atoms with Crippen molar-refractivity contribution < 1.29 is 47.3 Å². The number of amides is 4. The first-order valence-electron chi connectivity index (χ1n) is 35.2. The maximum atomic E-state index is 15.1. The second kappa shape index (κ2) is 38.2. The van der Waals surface area contributed by atoms with Crippen molar-refractivity contribution in [3.05, 3.63) is 290 Å². The van der Waals surface area contributed by atoms with Gasteiger partial charge in [-0.3, -0.25) is 9.59 Å². The van der Waals surface area contributed by atoms with Gasteiger partial charge in [-0.25, -0.2) is 23.2 Å². The normalized spacial score (nSPS) is 12.6. The van der Waals surface area contributed by atoms with Crippen molar-refractivity contribution >= 4 is 71.2 Å². The molecule has 109 heavy (non-hydrogen) atoms. The van der Waals surface area contributed by atoms with Gasteiger partial charge in [0.25, 0.3) is 29.3 Å². The molecule has 2 saturated carbocycles. The van der Waals surface area contributed by atoms with Crippen molar-refractivity contribution in [2.75, 3.05) is 23.7 Å². The quantitative estimate of drug-likeness (QED) is 0.0277. The number of benzene rings is 7. The molecule has 2 atom stereocenters. The van der Waals surface area contributed by atoms with Crippen LogP contribution in [0.4, 0.5) is 47.2 Å². The van der Waals surface area contributed by atoms with Crippen LogP contribution in [0.25, 0.3) is 31.6 Å². The molecule has 0 radical (unpaired) electrons. The topological polar surface area (TPSA) is 289 Å². The lowest BCUT2D eigenvalue weighted by Gasteiger charge is -2.21. The summed E-state index contributed by atoms with van der Waals surface area (Å²) >= 11 is 0. The summed E-state index contributed by atoms with van der Waals surface area (Å²) in [4.78, 5) is 72.0. The van der Waals surface area contributed by atoms with Crippen LogP contribution >= 0.6 is 12.4 Å². The molecule has 9 N–H and O–H groups in total. The number of carboxylic acid groups (broad SMARTS) is 1. The van der Waals surface area contributed by atoms with Crippen LogP contribution in [0.1, 0.15) is 164 Å². The van der Waals surface area contributed by atoms with E-state index in [2.05, 4.69) is 61.7 Å². The lowest BCUT2D eigenvalue weighted by molar-refractivity contribution is 0.0512. The average molecular weight is 1500 g/mol. The maximum Gasteiger partial charge on any atom is 0.407 e. The fourth-order valence-corrected chi connectivity index (χ4v) is 11.1. The summed E-state index contributed by atoms with van der Waals surface area (Å²) in [7, 11) is 0. The fraction of sp³-hybridized carbons (Fsp3) is 0.280. The molecule has 24 nitrogen and oxygen atoms in total. The van der Waals surface area contributed by atoms with E-state index in [0.717, 1.165) is 52.0 Å². The Bertz CT molecular complexity index is 4950. The highest BCUT2D eigenvalue weighted by Crippen LogP contribution is 2.34. The number of hydrogen-bond donors (Lipinski definition) is 8. The molecule has 10 aromatic rings. The van der Waals surface area contributed by atoms with Crippen molar-refractivity contribution in [3.63, 3.8) is 0 Å². The van der Waals surface area contributed by atoms with Crippen LogP contribution in [0.2, 0.25) is 0 Å². The van der Waals surface area contributed by atoms with E-state index in [1.807, 2.05) is 80.6 Å². The fourth-order valence-electron chi connectivity index (χ4n) is 11.1. The van der Waals surface area contributed by atoms with Crippen LogP contribution < -0.4 is 37.6 Å². The van der Waals surface area contributed by atoms with Crippen LogP contribution in [0.15, 0.2) is 188 Å². The van der Waals surface area contributed by atoms with Gasteiger partial charge in [0.2, 0.25) is 0 Å². The van der Waals surface area contributed by atoms with Crippen molar-refractivity contribution in [1.29, 1.82) is 0 Å². The molecule has 0 bridgehead atoms. The highest BCUT2D eigenvalue weighted by molar-refractivity contribution is 6.05. The molecular formula is C82H87ClF2N16O8. The molecule has 564 valence electrons. The smallest absolute Gasteiger partial charge is 0.407 e. The minimum absolute atomic E-state index is 0. The molecular weight excluding hydrogens is 1410 g/mol. The summed E-state index contributed by atoms with van der Waals surface area (Å²) in [5, 5.41) is 39.7. The zero-order valence-corrected chi connectivity index (χ0v) is 62.5. The number of ether oxygens (including phenoxy) is 2. The standard InChI is InChI=1S/C34H35FN6O3.C29H27FN6O.C17H18N4O4.C2H6.ClH/c1-34(2,3)44-33(43)38-21-23-9-8-12-26(17-23)41-29(19-30(36-4)40-41)32(42)39-28-18-25(15-16-27(28)35)31(37-20-22-13-14-22)24-10-6-5-7-11-24;1-32-27-16-26(36(35-27)23-9-5-6-20(14-23)17-31)29(37)34-25-15-22(12-13-24(25)30)28(33-18-19-10-11-19)21-7-3-2-4-8-21;1-17(2,3)25-16(24)19-10-11-6-5-7-12(8-11)21-13(15(22)23)9-14(18-4)20-21;1-2;/h5-12,15-19,22,31,37H,13-14,20-21H2,1-3H3,(H,38,43)(H,39,42);2-9,12-16,19,28,33H,10-11,17-18,31H2,(H,34,37);5-9H,10H2,1-3H3,(H,19,24)(H,22,23);1-2H3;1H. The minimum atomic E-state index is -1.18. The van der Waals surface area contributed by atoms with Crippen LogP contribution in [0.5, 0.6) is 0 Å². The number of hydrogen-bond acceptors (Lipinski definition) is 13. The van der Waals surface area contributed by atoms with E-state index >= 15 is 4.39 Å². The van der Waals surface area contributed by atoms with Crippen LogP contribution in [0.3, 0.4) is 0 Å². The van der Waals surface area contributed by atoms with E-state index in [1.165, 1.54) is 70.1 Å². The molecule has 7 aromatic carbocycles. The molecule has 3 aromatic heterocycles. The molecule has 0 saturated heterocycles. The number of alkyl carbamates (subject to hydrolysis) is 2. The number of halogens is 3. The summed E-state index contributed by atoms with van der Waals surface area (Å²) in [6.45, 7) is 38.9. The highest BCUT2D eigenvalue weighted by Gasteiger charge is 2.29. The van der Waals surface area contributed by atoms with E-state index in [0.29, 0.717) is 35.4 Å². The van der Waals surface area contributed by atoms with Gasteiger partial charge in [0.15, 0.2) is 5.69 Å². The predicted molar refractivity (Wildman–Crippen MR) is 416 cm³/mol. The summed E-state index contributed by atoms with van der Waals surface area (Å²) in [5.74, 6) is -2.13. The van der Waals surface area contributed by atoms with E-state index in [-0.39, 0.29) is 83.5 Å². The van der Waals surface area contributed by atoms with Gasteiger partial charge in [-0.1, -0.05) is 143 Å². The van der Waals surface area contributed by atoms with Gasteiger partial charge in [-0.2, -0.15) is 14.0 Å².